The largest absolute Gasteiger partial charge is 0.356 e. The number of amides is 1. The number of hydrogen-bond donors (Lipinski definition) is 1. The normalized spacial score (nSPS) is 17.3. The third kappa shape index (κ3) is 3.53. The van der Waals surface area contributed by atoms with Crippen LogP contribution in [0.15, 0.2) is 41.1 Å². The molecular formula is C16H18BrN3O. The highest BCUT2D eigenvalue weighted by Gasteiger charge is 2.24. The smallest absolute Gasteiger partial charge is 0.223 e. The van der Waals surface area contributed by atoms with Crippen LogP contribution in [0.2, 0.25) is 0 Å². The summed E-state index contributed by atoms with van der Waals surface area (Å²) in [6.07, 6.45) is 6.30. The van der Waals surface area contributed by atoms with E-state index >= 15 is 0 Å². The molecule has 1 aromatic carbocycles. The van der Waals surface area contributed by atoms with E-state index in [1.54, 1.807) is 0 Å². The number of carbonyl (C=O) groups excluding carboxylic acids is 1. The molecule has 0 aliphatic carbocycles. The maximum absolute atomic E-state index is 12.2. The summed E-state index contributed by atoms with van der Waals surface area (Å²) in [4.78, 5) is 16.5. The first kappa shape index (κ1) is 14.3. The third-order valence-corrected chi connectivity index (χ3v) is 4.47. The molecular weight excluding hydrogens is 330 g/mol. The Hall–Kier alpha value is -1.62. The second kappa shape index (κ2) is 6.43. The quantitative estimate of drug-likeness (QED) is 0.923. The van der Waals surface area contributed by atoms with Gasteiger partial charge in [0.1, 0.15) is 5.82 Å². The molecule has 1 unspecified atom stereocenters. The van der Waals surface area contributed by atoms with Crippen molar-refractivity contribution in [1.82, 2.24) is 14.9 Å². The van der Waals surface area contributed by atoms with E-state index in [2.05, 4.69) is 42.9 Å². The summed E-state index contributed by atoms with van der Waals surface area (Å²) in [5.74, 6) is 1.24. The zero-order valence-electron chi connectivity index (χ0n) is 11.8. The molecule has 0 saturated heterocycles. The first-order valence-corrected chi connectivity index (χ1v) is 8.04. The van der Waals surface area contributed by atoms with Crippen LogP contribution in [0, 0.1) is 5.92 Å². The monoisotopic (exact) mass is 347 g/mol. The predicted octanol–water partition coefficient (Wildman–Crippen LogP) is 2.57. The van der Waals surface area contributed by atoms with E-state index in [0.29, 0.717) is 6.54 Å². The molecule has 1 aromatic heterocycles. The van der Waals surface area contributed by atoms with E-state index in [0.717, 1.165) is 36.1 Å². The molecule has 21 heavy (non-hydrogen) atoms. The Balaban J connectivity index is 1.48. The van der Waals surface area contributed by atoms with Crippen LogP contribution < -0.4 is 5.32 Å². The lowest BCUT2D eigenvalue weighted by atomic mass is 9.97. The zero-order valence-corrected chi connectivity index (χ0v) is 13.3. The van der Waals surface area contributed by atoms with Gasteiger partial charge in [-0.1, -0.05) is 28.1 Å². The topological polar surface area (TPSA) is 46.9 Å². The molecule has 1 aliphatic heterocycles. The Morgan fingerprint density at radius 3 is 3.00 bits per heavy atom. The van der Waals surface area contributed by atoms with Crippen molar-refractivity contribution >= 4 is 21.8 Å². The zero-order chi connectivity index (χ0) is 14.7. The van der Waals surface area contributed by atoms with Gasteiger partial charge in [-0.25, -0.2) is 4.98 Å². The first-order valence-electron chi connectivity index (χ1n) is 7.24. The van der Waals surface area contributed by atoms with E-state index in [1.165, 1.54) is 5.56 Å². The summed E-state index contributed by atoms with van der Waals surface area (Å²) < 4.78 is 3.21. The minimum absolute atomic E-state index is 0.0600. The Morgan fingerprint density at radius 1 is 1.38 bits per heavy atom. The van der Waals surface area contributed by atoms with Gasteiger partial charge >= 0.3 is 0 Å². The van der Waals surface area contributed by atoms with Gasteiger partial charge in [-0.15, -0.1) is 0 Å². The van der Waals surface area contributed by atoms with E-state index in [9.17, 15) is 4.79 Å². The van der Waals surface area contributed by atoms with Crippen LogP contribution in [0.5, 0.6) is 0 Å². The molecule has 2 aromatic rings. The maximum atomic E-state index is 12.2. The Bertz CT molecular complexity index is 621. The van der Waals surface area contributed by atoms with Gasteiger partial charge in [0.05, 0.1) is 0 Å². The number of hydrogen-bond acceptors (Lipinski definition) is 2. The number of fused-ring (bicyclic) bond motifs is 1. The van der Waals surface area contributed by atoms with Crippen molar-refractivity contribution in [1.29, 1.82) is 0 Å². The minimum atomic E-state index is 0.0600. The molecule has 1 atom stereocenters. The van der Waals surface area contributed by atoms with Crippen molar-refractivity contribution in [2.75, 3.05) is 6.54 Å². The molecule has 3 rings (SSSR count). The maximum Gasteiger partial charge on any atom is 0.223 e. The van der Waals surface area contributed by atoms with Crippen LogP contribution in [-0.2, 0) is 24.2 Å². The summed E-state index contributed by atoms with van der Waals surface area (Å²) >= 11 is 3.42. The van der Waals surface area contributed by atoms with Gasteiger partial charge in [-0.2, -0.15) is 0 Å². The summed E-state index contributed by atoms with van der Waals surface area (Å²) in [6.45, 7) is 1.57. The van der Waals surface area contributed by atoms with Crippen LogP contribution in [0.4, 0.5) is 0 Å². The lowest BCUT2D eigenvalue weighted by Crippen LogP contribution is -2.36. The number of carbonyl (C=O) groups is 1. The average molecular weight is 348 g/mol. The number of aromatic nitrogens is 2. The first-order chi connectivity index (χ1) is 10.2. The Labute approximate surface area is 132 Å². The second-order valence-corrected chi connectivity index (χ2v) is 6.31. The lowest BCUT2D eigenvalue weighted by Gasteiger charge is -2.22. The van der Waals surface area contributed by atoms with Crippen molar-refractivity contribution in [2.24, 2.45) is 5.92 Å². The summed E-state index contributed by atoms with van der Waals surface area (Å²) in [6, 6.07) is 8.21. The molecule has 110 valence electrons. The summed E-state index contributed by atoms with van der Waals surface area (Å²) in [5.41, 5.74) is 1.23. The van der Waals surface area contributed by atoms with Crippen LogP contribution in [0.3, 0.4) is 0 Å². The number of nitrogens with one attached hydrogen (secondary N) is 1. The van der Waals surface area contributed by atoms with Crippen molar-refractivity contribution < 1.29 is 4.79 Å². The van der Waals surface area contributed by atoms with Gasteiger partial charge < -0.3 is 9.88 Å². The minimum Gasteiger partial charge on any atom is -0.356 e. The van der Waals surface area contributed by atoms with Gasteiger partial charge in [0.15, 0.2) is 0 Å². The second-order valence-electron chi connectivity index (χ2n) is 5.39. The molecule has 4 nitrogen and oxygen atoms in total. The number of halogens is 1. The SMILES string of the molecule is O=C(NCCc1ccc(Br)cc1)C1CCn2ccnc2C1. The van der Waals surface area contributed by atoms with Crippen LogP contribution >= 0.6 is 15.9 Å². The number of nitrogens with zero attached hydrogens (tertiary/aromatic N) is 2. The van der Waals surface area contributed by atoms with Crippen LogP contribution in [0.1, 0.15) is 17.8 Å². The Kier molecular flexibility index (Phi) is 4.39. The van der Waals surface area contributed by atoms with E-state index in [4.69, 9.17) is 0 Å². The fourth-order valence-electron chi connectivity index (χ4n) is 2.70. The van der Waals surface area contributed by atoms with Crippen molar-refractivity contribution in [3.05, 3.63) is 52.5 Å². The van der Waals surface area contributed by atoms with Crippen molar-refractivity contribution in [2.45, 2.75) is 25.8 Å². The van der Waals surface area contributed by atoms with E-state index in [-0.39, 0.29) is 11.8 Å². The summed E-state index contributed by atoms with van der Waals surface area (Å²) in [5, 5.41) is 3.05. The molecule has 0 bridgehead atoms. The highest BCUT2D eigenvalue weighted by atomic mass is 79.9. The van der Waals surface area contributed by atoms with Gasteiger partial charge in [0, 0.05) is 42.3 Å². The van der Waals surface area contributed by atoms with Crippen molar-refractivity contribution in [3.8, 4) is 0 Å². The molecule has 1 N–H and O–H groups in total. The summed E-state index contributed by atoms with van der Waals surface area (Å²) in [7, 11) is 0. The molecule has 0 saturated carbocycles. The molecule has 1 amide bonds. The molecule has 1 aliphatic rings. The van der Waals surface area contributed by atoms with Crippen molar-refractivity contribution in [3.63, 3.8) is 0 Å². The predicted molar refractivity (Wildman–Crippen MR) is 84.9 cm³/mol. The fraction of sp³-hybridized carbons (Fsp3) is 0.375. The fourth-order valence-corrected chi connectivity index (χ4v) is 2.96. The Morgan fingerprint density at radius 2 is 2.19 bits per heavy atom. The third-order valence-electron chi connectivity index (χ3n) is 3.95. The van der Waals surface area contributed by atoms with Gasteiger partial charge in [-0.3, -0.25) is 4.79 Å². The number of imidazole rings is 1. The molecule has 2 heterocycles. The van der Waals surface area contributed by atoms with Gasteiger partial charge in [0.2, 0.25) is 5.91 Å². The number of aryl methyl sites for hydroxylation is 1. The molecule has 0 fully saturated rings. The number of rotatable bonds is 4. The van der Waals surface area contributed by atoms with Crippen LogP contribution in [0.25, 0.3) is 0 Å². The van der Waals surface area contributed by atoms with E-state index < -0.39 is 0 Å². The van der Waals surface area contributed by atoms with Gasteiger partial charge in [0.25, 0.3) is 0 Å². The van der Waals surface area contributed by atoms with Crippen LogP contribution in [-0.4, -0.2) is 22.0 Å². The highest BCUT2D eigenvalue weighted by molar-refractivity contribution is 9.10. The molecule has 0 spiro atoms. The lowest BCUT2D eigenvalue weighted by molar-refractivity contribution is -0.125. The standard InChI is InChI=1S/C16H18BrN3O/c17-14-3-1-12(2-4-14)5-7-19-16(21)13-6-9-20-10-8-18-15(20)11-13/h1-4,8,10,13H,5-7,9,11H2,(H,19,21). The average Bonchev–Trinajstić information content (AvgIpc) is 2.96. The molecule has 0 radical (unpaired) electrons. The molecule has 5 heteroatoms. The number of benzene rings is 1. The van der Waals surface area contributed by atoms with Gasteiger partial charge in [-0.05, 0) is 30.5 Å². The van der Waals surface area contributed by atoms with E-state index in [1.807, 2.05) is 24.5 Å². The highest BCUT2D eigenvalue weighted by Crippen LogP contribution is 2.19.